The molecule has 0 saturated carbocycles. The molecule has 1 aromatic carbocycles. The van der Waals surface area contributed by atoms with E-state index in [1.807, 2.05) is 40.8 Å². The maximum absolute atomic E-state index is 9.60. The van der Waals surface area contributed by atoms with Crippen molar-refractivity contribution in [3.63, 3.8) is 0 Å². The molecule has 1 saturated heterocycles. The lowest BCUT2D eigenvalue weighted by molar-refractivity contribution is 0.123. The number of hydrogen-bond acceptors (Lipinski definition) is 7. The highest BCUT2D eigenvalue weighted by atomic mass is 16.5. The zero-order valence-corrected chi connectivity index (χ0v) is 18.3. The van der Waals surface area contributed by atoms with Crippen molar-refractivity contribution >= 4 is 16.6 Å². The van der Waals surface area contributed by atoms with Crippen LogP contribution in [-0.4, -0.2) is 61.4 Å². The molecule has 0 spiro atoms. The number of nitrogens with zero attached hydrogens (tertiary/aromatic N) is 5. The third kappa shape index (κ3) is 3.92. The van der Waals surface area contributed by atoms with E-state index in [2.05, 4.69) is 34.3 Å². The van der Waals surface area contributed by atoms with Gasteiger partial charge in [-0.05, 0) is 44.0 Å². The van der Waals surface area contributed by atoms with Crippen LogP contribution in [-0.2, 0) is 0 Å². The van der Waals surface area contributed by atoms with Gasteiger partial charge in [0, 0.05) is 36.8 Å². The maximum Gasteiger partial charge on any atom is 0.187 e. The number of aromatic nitrogens is 4. The lowest BCUT2D eigenvalue weighted by Gasteiger charge is -2.24. The first-order chi connectivity index (χ1) is 15.5. The fourth-order valence-electron chi connectivity index (χ4n) is 4.28. The lowest BCUT2D eigenvalue weighted by Crippen LogP contribution is -2.28. The highest BCUT2D eigenvalue weighted by molar-refractivity contribution is 5.86. The van der Waals surface area contributed by atoms with Crippen LogP contribution in [0.1, 0.15) is 31.9 Å². The molecule has 4 aromatic rings. The molecule has 1 aliphatic heterocycles. The van der Waals surface area contributed by atoms with Crippen LogP contribution in [0.2, 0.25) is 0 Å². The number of benzene rings is 1. The van der Waals surface area contributed by atoms with E-state index in [1.54, 1.807) is 6.92 Å². The Balaban J connectivity index is 1.53. The molecule has 3 atom stereocenters. The van der Waals surface area contributed by atoms with Gasteiger partial charge in [0.15, 0.2) is 11.5 Å². The number of pyridine rings is 2. The first-order valence-corrected chi connectivity index (χ1v) is 11.0. The van der Waals surface area contributed by atoms with E-state index >= 15 is 0 Å². The SMILES string of the molecule is C[C@H](O)COc1cccc2ccc(-c3nnc4ccc([C@H](C)N5CC[C@H](N)C5)cn34)nc12. The van der Waals surface area contributed by atoms with Gasteiger partial charge >= 0.3 is 0 Å². The van der Waals surface area contributed by atoms with Gasteiger partial charge in [0.2, 0.25) is 0 Å². The van der Waals surface area contributed by atoms with Gasteiger partial charge in [-0.25, -0.2) is 4.98 Å². The van der Waals surface area contributed by atoms with Crippen LogP contribution in [0.25, 0.3) is 28.1 Å². The van der Waals surface area contributed by atoms with E-state index in [9.17, 15) is 5.11 Å². The van der Waals surface area contributed by atoms with Crippen molar-refractivity contribution < 1.29 is 9.84 Å². The second kappa shape index (κ2) is 8.46. The van der Waals surface area contributed by atoms with Crippen LogP contribution < -0.4 is 10.5 Å². The molecule has 3 N–H and O–H groups in total. The van der Waals surface area contributed by atoms with Crippen LogP contribution in [0.3, 0.4) is 0 Å². The van der Waals surface area contributed by atoms with Gasteiger partial charge in [0.05, 0.1) is 6.10 Å². The summed E-state index contributed by atoms with van der Waals surface area (Å²) in [6, 6.07) is 14.3. The fraction of sp³-hybridized carbons (Fsp3) is 0.375. The number of rotatable bonds is 6. The molecule has 0 unspecified atom stereocenters. The fourth-order valence-corrected chi connectivity index (χ4v) is 4.28. The van der Waals surface area contributed by atoms with Crippen LogP contribution in [0.5, 0.6) is 5.75 Å². The second-order valence-corrected chi connectivity index (χ2v) is 8.62. The predicted molar refractivity (Wildman–Crippen MR) is 123 cm³/mol. The summed E-state index contributed by atoms with van der Waals surface area (Å²) in [7, 11) is 0. The highest BCUT2D eigenvalue weighted by Gasteiger charge is 2.25. The van der Waals surface area contributed by atoms with Crippen molar-refractivity contribution in [2.75, 3.05) is 19.7 Å². The molecule has 1 aliphatic rings. The van der Waals surface area contributed by atoms with Gasteiger partial charge in [-0.3, -0.25) is 9.30 Å². The van der Waals surface area contributed by atoms with Gasteiger partial charge in [0.25, 0.3) is 0 Å². The number of nitrogens with two attached hydrogens (primary N) is 1. The molecule has 3 aromatic heterocycles. The zero-order valence-electron chi connectivity index (χ0n) is 18.3. The van der Waals surface area contributed by atoms with Crippen molar-refractivity contribution in [1.29, 1.82) is 0 Å². The Hall–Kier alpha value is -3.07. The molecule has 8 heteroatoms. The summed E-state index contributed by atoms with van der Waals surface area (Å²) in [4.78, 5) is 7.26. The first-order valence-electron chi connectivity index (χ1n) is 11.0. The number of aliphatic hydroxyl groups excluding tert-OH is 1. The first kappa shape index (κ1) is 20.8. The molecule has 4 heterocycles. The zero-order chi connectivity index (χ0) is 22.2. The summed E-state index contributed by atoms with van der Waals surface area (Å²) < 4.78 is 7.78. The van der Waals surface area contributed by atoms with Crippen molar-refractivity contribution in [2.45, 2.75) is 38.5 Å². The molecule has 8 nitrogen and oxygen atoms in total. The number of likely N-dealkylation sites (tertiary alicyclic amines) is 1. The Bertz CT molecular complexity index is 1250. The summed E-state index contributed by atoms with van der Waals surface area (Å²) in [6.45, 7) is 6.04. The molecule has 32 heavy (non-hydrogen) atoms. The Labute approximate surface area is 186 Å². The minimum Gasteiger partial charge on any atom is -0.489 e. The topological polar surface area (TPSA) is 102 Å². The quantitative estimate of drug-likeness (QED) is 0.483. The molecular weight excluding hydrogens is 404 g/mol. The third-order valence-corrected chi connectivity index (χ3v) is 6.10. The monoisotopic (exact) mass is 432 g/mol. The van der Waals surface area contributed by atoms with Gasteiger partial charge in [-0.1, -0.05) is 24.3 Å². The van der Waals surface area contributed by atoms with Gasteiger partial charge in [-0.2, -0.15) is 0 Å². The third-order valence-electron chi connectivity index (χ3n) is 6.10. The molecular formula is C24H28N6O2. The normalized spacial score (nSPS) is 18.9. The molecule has 5 rings (SSSR count). The predicted octanol–water partition coefficient (Wildman–Crippen LogP) is 2.80. The summed E-state index contributed by atoms with van der Waals surface area (Å²) in [5.41, 5.74) is 9.52. The molecule has 0 amide bonds. The number of para-hydroxylation sites is 1. The van der Waals surface area contributed by atoms with Crippen molar-refractivity contribution in [3.05, 3.63) is 54.2 Å². The van der Waals surface area contributed by atoms with Crippen molar-refractivity contribution in [2.24, 2.45) is 5.73 Å². The average Bonchev–Trinajstić information content (AvgIpc) is 3.42. The summed E-state index contributed by atoms with van der Waals surface area (Å²) in [5.74, 6) is 1.32. The van der Waals surface area contributed by atoms with E-state index in [-0.39, 0.29) is 18.7 Å². The smallest absolute Gasteiger partial charge is 0.187 e. The number of ether oxygens (including phenoxy) is 1. The summed E-state index contributed by atoms with van der Waals surface area (Å²) in [6.07, 6.45) is 2.57. The molecule has 1 fully saturated rings. The molecule has 0 radical (unpaired) electrons. The lowest BCUT2D eigenvalue weighted by atomic mass is 10.1. The van der Waals surface area contributed by atoms with Crippen molar-refractivity contribution in [1.82, 2.24) is 24.5 Å². The van der Waals surface area contributed by atoms with Gasteiger partial charge in [0.1, 0.15) is 23.6 Å². The average molecular weight is 433 g/mol. The Kier molecular flexibility index (Phi) is 5.50. The van der Waals surface area contributed by atoms with Crippen molar-refractivity contribution in [3.8, 4) is 17.3 Å². The highest BCUT2D eigenvalue weighted by Crippen LogP contribution is 2.29. The largest absolute Gasteiger partial charge is 0.489 e. The van der Waals surface area contributed by atoms with E-state index < -0.39 is 6.10 Å². The minimum absolute atomic E-state index is 0.209. The summed E-state index contributed by atoms with van der Waals surface area (Å²) >= 11 is 0. The Morgan fingerprint density at radius 3 is 2.81 bits per heavy atom. The number of hydrogen-bond donors (Lipinski definition) is 2. The van der Waals surface area contributed by atoms with Gasteiger partial charge < -0.3 is 15.6 Å². The second-order valence-electron chi connectivity index (χ2n) is 8.62. The van der Waals surface area contributed by atoms with E-state index in [4.69, 9.17) is 15.5 Å². The molecule has 166 valence electrons. The number of fused-ring (bicyclic) bond motifs is 2. The summed E-state index contributed by atoms with van der Waals surface area (Å²) in [5, 5.41) is 19.3. The standard InChI is InChI=1S/C24H28N6O2/c1-15(31)14-32-21-5-3-4-17-6-8-20(26-23(17)21)24-28-27-22-9-7-18(12-30(22)24)16(2)29-11-10-19(25)13-29/h3-9,12,15-16,19,31H,10-11,13-14,25H2,1-2H3/t15-,16-,19-/m0/s1. The molecule has 0 aliphatic carbocycles. The number of aliphatic hydroxyl groups is 1. The van der Waals surface area contributed by atoms with Crippen LogP contribution in [0.15, 0.2) is 48.7 Å². The van der Waals surface area contributed by atoms with E-state index in [1.165, 1.54) is 5.56 Å². The van der Waals surface area contributed by atoms with Crippen LogP contribution >= 0.6 is 0 Å². The van der Waals surface area contributed by atoms with Gasteiger partial charge in [-0.15, -0.1) is 10.2 Å². The van der Waals surface area contributed by atoms with Crippen LogP contribution in [0.4, 0.5) is 0 Å². The van der Waals surface area contributed by atoms with E-state index in [0.29, 0.717) is 17.3 Å². The molecule has 0 bridgehead atoms. The Morgan fingerprint density at radius 1 is 1.16 bits per heavy atom. The van der Waals surface area contributed by atoms with Crippen LogP contribution in [0, 0.1) is 0 Å². The maximum atomic E-state index is 9.60. The van der Waals surface area contributed by atoms with E-state index in [0.717, 1.165) is 36.1 Å². The Morgan fingerprint density at radius 2 is 2.03 bits per heavy atom. The minimum atomic E-state index is -0.556.